The molecule has 25 heavy (non-hydrogen) atoms. The maximum atomic E-state index is 12.6. The van der Waals surface area contributed by atoms with Crippen molar-refractivity contribution in [3.8, 4) is 10.8 Å². The monoisotopic (exact) mass is 398 g/mol. The van der Waals surface area contributed by atoms with Crippen LogP contribution in [0.25, 0.3) is 10.8 Å². The van der Waals surface area contributed by atoms with Crippen LogP contribution in [0.1, 0.15) is 17.6 Å². The molecule has 3 heterocycles. The Hall–Kier alpha value is -1.59. The Morgan fingerprint density at radius 1 is 1.28 bits per heavy atom. The number of rotatable bonds is 8. The molecule has 0 saturated heterocycles. The number of thiophene rings is 2. The summed E-state index contributed by atoms with van der Waals surface area (Å²) in [6, 6.07) is 5.52. The molecule has 2 N–H and O–H groups in total. The maximum absolute atomic E-state index is 12.6. The molecule has 0 saturated carbocycles. The van der Waals surface area contributed by atoms with Crippen molar-refractivity contribution >= 4 is 32.7 Å². The van der Waals surface area contributed by atoms with E-state index >= 15 is 0 Å². The first kappa shape index (κ1) is 18.2. The molecule has 0 aliphatic carbocycles. The summed E-state index contributed by atoms with van der Waals surface area (Å²) < 4.78 is 33.1. The van der Waals surface area contributed by atoms with Crippen LogP contribution < -0.4 is 10.0 Å². The number of nitrogens with one attached hydrogen (secondary N) is 2. The van der Waals surface area contributed by atoms with E-state index in [1.54, 1.807) is 11.4 Å². The van der Waals surface area contributed by atoms with E-state index in [-0.39, 0.29) is 23.4 Å². The molecule has 0 amide bonds. The number of likely N-dealkylation sites (N-methyl/N-ethyl adjacent to an activating group) is 1. The molecule has 1 atom stereocenters. The van der Waals surface area contributed by atoms with E-state index in [9.17, 15) is 8.42 Å². The van der Waals surface area contributed by atoms with Gasteiger partial charge in [-0.15, -0.1) is 22.7 Å². The van der Waals surface area contributed by atoms with Crippen molar-refractivity contribution in [2.24, 2.45) is 0 Å². The van der Waals surface area contributed by atoms with Crippen LogP contribution in [0.5, 0.6) is 0 Å². The molecular formula is C15H18N4O3S3. The number of aromatic nitrogens is 2. The second-order valence-corrected chi connectivity index (χ2v) is 9.11. The second-order valence-electron chi connectivity index (χ2n) is 5.43. The smallest absolute Gasteiger partial charge is 0.269 e. The maximum Gasteiger partial charge on any atom is 0.269 e. The lowest BCUT2D eigenvalue weighted by molar-refractivity contribution is 0.418. The average molecular weight is 399 g/mol. The molecule has 1 unspecified atom stereocenters. The number of hydrogen-bond donors (Lipinski definition) is 2. The van der Waals surface area contributed by atoms with Crippen LogP contribution >= 0.6 is 22.7 Å². The molecule has 0 spiro atoms. The Balaban J connectivity index is 1.80. The Morgan fingerprint density at radius 2 is 2.12 bits per heavy atom. The Morgan fingerprint density at radius 3 is 2.84 bits per heavy atom. The fourth-order valence-electron chi connectivity index (χ4n) is 2.13. The molecule has 0 aliphatic heterocycles. The Bertz CT molecular complexity index is 916. The van der Waals surface area contributed by atoms with Gasteiger partial charge in [0.1, 0.15) is 9.77 Å². The summed E-state index contributed by atoms with van der Waals surface area (Å²) in [7, 11) is -1.81. The predicted molar refractivity (Wildman–Crippen MR) is 98.2 cm³/mol. The summed E-state index contributed by atoms with van der Waals surface area (Å²) in [5.41, 5.74) is 0. The standard InChI is InChI=1S/C15H18N4O3S3/c1-10(16-2)8-13-18-15(22-19-13)14-12(5-7-24-14)25(20,21)17-9-11-4-3-6-23-11/h3-7,10,16-17H,8-9H2,1-2H3. The molecule has 0 fully saturated rings. The van der Waals surface area contributed by atoms with Crippen LogP contribution in [0.15, 0.2) is 38.4 Å². The summed E-state index contributed by atoms with van der Waals surface area (Å²) >= 11 is 2.76. The van der Waals surface area contributed by atoms with E-state index in [2.05, 4.69) is 20.2 Å². The topological polar surface area (TPSA) is 97.1 Å². The third kappa shape index (κ3) is 4.33. The predicted octanol–water partition coefficient (Wildman–Crippen LogP) is 2.49. The minimum atomic E-state index is -3.66. The zero-order valence-corrected chi connectivity index (χ0v) is 16.2. The lowest BCUT2D eigenvalue weighted by atomic mass is 10.2. The van der Waals surface area contributed by atoms with E-state index in [1.165, 1.54) is 22.7 Å². The van der Waals surface area contributed by atoms with Gasteiger partial charge in [-0.25, -0.2) is 13.1 Å². The van der Waals surface area contributed by atoms with Gasteiger partial charge in [0.25, 0.3) is 5.89 Å². The summed E-state index contributed by atoms with van der Waals surface area (Å²) in [5.74, 6) is 0.768. The van der Waals surface area contributed by atoms with Crippen molar-refractivity contribution in [3.05, 3.63) is 39.7 Å². The zero-order valence-electron chi connectivity index (χ0n) is 13.7. The van der Waals surface area contributed by atoms with E-state index < -0.39 is 10.0 Å². The molecule has 0 aromatic carbocycles. The fraction of sp³-hybridized carbons (Fsp3) is 0.333. The summed E-state index contributed by atoms with van der Waals surface area (Å²) in [5, 5.41) is 10.6. The zero-order chi connectivity index (χ0) is 17.9. The minimum Gasteiger partial charge on any atom is -0.333 e. The minimum absolute atomic E-state index is 0.158. The van der Waals surface area contributed by atoms with Crippen molar-refractivity contribution in [2.75, 3.05) is 7.05 Å². The van der Waals surface area contributed by atoms with Crippen molar-refractivity contribution in [3.63, 3.8) is 0 Å². The van der Waals surface area contributed by atoms with Crippen molar-refractivity contribution in [2.45, 2.75) is 30.8 Å². The van der Waals surface area contributed by atoms with Gasteiger partial charge in [-0.3, -0.25) is 0 Å². The van der Waals surface area contributed by atoms with E-state index in [1.807, 2.05) is 31.5 Å². The van der Waals surface area contributed by atoms with Crippen molar-refractivity contribution in [1.29, 1.82) is 0 Å². The molecule has 7 nitrogen and oxygen atoms in total. The molecule has 0 bridgehead atoms. The normalized spacial score (nSPS) is 13.2. The lowest BCUT2D eigenvalue weighted by Crippen LogP contribution is -2.24. The molecule has 0 radical (unpaired) electrons. The first-order chi connectivity index (χ1) is 12.0. The van der Waals surface area contributed by atoms with E-state index in [4.69, 9.17) is 4.52 Å². The van der Waals surface area contributed by atoms with Gasteiger partial charge in [-0.2, -0.15) is 4.98 Å². The number of hydrogen-bond acceptors (Lipinski definition) is 8. The van der Waals surface area contributed by atoms with Crippen LogP contribution in [-0.4, -0.2) is 31.6 Å². The van der Waals surface area contributed by atoms with Crippen LogP contribution in [-0.2, 0) is 23.0 Å². The molecule has 3 aromatic heterocycles. The van der Waals surface area contributed by atoms with Gasteiger partial charge in [-0.1, -0.05) is 11.2 Å². The van der Waals surface area contributed by atoms with Crippen LogP contribution in [0.4, 0.5) is 0 Å². The van der Waals surface area contributed by atoms with Gasteiger partial charge in [0.05, 0.1) is 0 Å². The summed E-state index contributed by atoms with van der Waals surface area (Å²) in [6.07, 6.45) is 0.601. The van der Waals surface area contributed by atoms with Gasteiger partial charge in [0, 0.05) is 23.9 Å². The van der Waals surface area contributed by atoms with Crippen LogP contribution in [0.2, 0.25) is 0 Å². The van der Waals surface area contributed by atoms with Gasteiger partial charge in [-0.05, 0) is 36.9 Å². The highest BCUT2D eigenvalue weighted by Crippen LogP contribution is 2.31. The number of sulfonamides is 1. The first-order valence-corrected chi connectivity index (χ1v) is 10.8. The van der Waals surface area contributed by atoms with Crippen molar-refractivity contribution < 1.29 is 12.9 Å². The van der Waals surface area contributed by atoms with Gasteiger partial charge in [0.2, 0.25) is 10.0 Å². The second kappa shape index (κ2) is 7.75. The fourth-order valence-corrected chi connectivity index (χ4v) is 5.21. The highest BCUT2D eigenvalue weighted by atomic mass is 32.2. The quantitative estimate of drug-likeness (QED) is 0.605. The molecule has 0 aliphatic rings. The average Bonchev–Trinajstić information content (AvgIpc) is 3.33. The van der Waals surface area contributed by atoms with Crippen LogP contribution in [0.3, 0.4) is 0 Å². The summed E-state index contributed by atoms with van der Waals surface area (Å²) in [4.78, 5) is 5.88. The van der Waals surface area contributed by atoms with Crippen LogP contribution in [0, 0.1) is 0 Å². The molecule has 134 valence electrons. The largest absolute Gasteiger partial charge is 0.333 e. The van der Waals surface area contributed by atoms with Crippen molar-refractivity contribution in [1.82, 2.24) is 20.2 Å². The molecule has 10 heteroatoms. The SMILES string of the molecule is CNC(C)Cc1noc(-c2sccc2S(=O)(=O)NCc2cccs2)n1. The van der Waals surface area contributed by atoms with Gasteiger partial charge < -0.3 is 9.84 Å². The molecule has 3 aromatic rings. The first-order valence-electron chi connectivity index (χ1n) is 7.59. The van der Waals surface area contributed by atoms with Gasteiger partial charge >= 0.3 is 0 Å². The highest BCUT2D eigenvalue weighted by Gasteiger charge is 2.24. The van der Waals surface area contributed by atoms with E-state index in [0.717, 1.165) is 4.88 Å². The third-order valence-electron chi connectivity index (χ3n) is 3.58. The third-order valence-corrected chi connectivity index (χ3v) is 6.93. The Labute approximate surface area is 154 Å². The highest BCUT2D eigenvalue weighted by molar-refractivity contribution is 7.89. The summed E-state index contributed by atoms with van der Waals surface area (Å²) in [6.45, 7) is 2.26. The number of nitrogens with zero attached hydrogens (tertiary/aromatic N) is 2. The van der Waals surface area contributed by atoms with E-state index in [0.29, 0.717) is 17.1 Å². The Kier molecular flexibility index (Phi) is 5.64. The molecular weight excluding hydrogens is 380 g/mol. The lowest BCUT2D eigenvalue weighted by Gasteiger charge is -2.05. The van der Waals surface area contributed by atoms with Gasteiger partial charge in [0.15, 0.2) is 5.82 Å². The molecule has 3 rings (SSSR count).